The van der Waals surface area contributed by atoms with Gasteiger partial charge in [0.05, 0.1) is 22.6 Å². The normalized spacial score (nSPS) is 11.6. The zero-order valence-electron chi connectivity index (χ0n) is 27.1. The van der Waals surface area contributed by atoms with Gasteiger partial charge < -0.3 is 0 Å². The minimum atomic E-state index is 0.680. The third kappa shape index (κ3) is 4.56. The fraction of sp³-hybridized carbons (Fsp3) is 0. The van der Waals surface area contributed by atoms with Crippen molar-refractivity contribution >= 4 is 54.0 Å². The van der Waals surface area contributed by atoms with Gasteiger partial charge in [0.1, 0.15) is 0 Å². The number of hydrogen-bond donors (Lipinski definition) is 0. The van der Waals surface area contributed by atoms with E-state index in [0.29, 0.717) is 5.82 Å². The first-order chi connectivity index (χ1) is 24.8. The molecule has 0 saturated carbocycles. The first-order valence-electron chi connectivity index (χ1n) is 17.0. The molecule has 0 radical (unpaired) electrons. The van der Waals surface area contributed by atoms with E-state index in [1.54, 1.807) is 0 Å². The second kappa shape index (κ2) is 11.5. The van der Waals surface area contributed by atoms with Gasteiger partial charge in [0.15, 0.2) is 5.82 Å². The lowest BCUT2D eigenvalue weighted by molar-refractivity contribution is 1.18. The van der Waals surface area contributed by atoms with Crippen molar-refractivity contribution in [1.29, 1.82) is 0 Å². The second-order valence-electron chi connectivity index (χ2n) is 12.8. The molecule has 0 aliphatic heterocycles. The smallest absolute Gasteiger partial charge is 0.160 e. The molecule has 0 unspecified atom stereocenters. The fourth-order valence-corrected chi connectivity index (χ4v) is 7.52. The molecule has 232 valence electrons. The molecular formula is C47H29N3. The number of benzene rings is 8. The van der Waals surface area contributed by atoms with Gasteiger partial charge in [-0.25, -0.2) is 15.0 Å². The molecule has 10 rings (SSSR count). The van der Waals surface area contributed by atoms with E-state index >= 15 is 0 Å². The van der Waals surface area contributed by atoms with Crippen molar-refractivity contribution in [2.24, 2.45) is 0 Å². The Hall–Kier alpha value is -6.71. The van der Waals surface area contributed by atoms with Crippen LogP contribution in [0, 0.1) is 0 Å². The number of pyridine rings is 1. The number of hydrogen-bond acceptors (Lipinski definition) is 3. The van der Waals surface area contributed by atoms with Gasteiger partial charge >= 0.3 is 0 Å². The zero-order valence-corrected chi connectivity index (χ0v) is 27.1. The predicted molar refractivity (Wildman–Crippen MR) is 209 cm³/mol. The molecule has 10 aromatic rings. The van der Waals surface area contributed by atoms with Crippen LogP contribution >= 0.6 is 0 Å². The monoisotopic (exact) mass is 635 g/mol. The van der Waals surface area contributed by atoms with Gasteiger partial charge in [0.2, 0.25) is 0 Å². The molecule has 3 heteroatoms. The number of aromatic nitrogens is 3. The summed E-state index contributed by atoms with van der Waals surface area (Å²) in [6, 6.07) is 61.9. The summed E-state index contributed by atoms with van der Waals surface area (Å²) in [5.41, 5.74) is 7.81. The van der Waals surface area contributed by atoms with Gasteiger partial charge in [-0.1, -0.05) is 164 Å². The van der Waals surface area contributed by atoms with Crippen LogP contribution in [0.15, 0.2) is 176 Å². The highest BCUT2D eigenvalue weighted by molar-refractivity contribution is 6.35. The van der Waals surface area contributed by atoms with Crippen LogP contribution in [-0.4, -0.2) is 15.0 Å². The van der Waals surface area contributed by atoms with E-state index in [9.17, 15) is 0 Å². The van der Waals surface area contributed by atoms with E-state index in [-0.39, 0.29) is 0 Å². The summed E-state index contributed by atoms with van der Waals surface area (Å²) in [6.07, 6.45) is 0. The Balaban J connectivity index is 1.27. The van der Waals surface area contributed by atoms with E-state index in [4.69, 9.17) is 15.0 Å². The standard InChI is InChI=1S/C47H29N3/c1-3-15-31(16-4-1)41-29-42(32-17-5-2-6-18-32)49-47(48-41)34-20-13-19-33(28-34)45-40-27-26-30-14-7-8-21-35(30)43(40)44-38-24-11-9-22-36(38)37-23-10-12-25-39(37)46(44)50-45/h1-29H. The number of nitrogens with zero attached hydrogens (tertiary/aromatic N) is 3. The Bertz CT molecular complexity index is 2850. The van der Waals surface area contributed by atoms with E-state index in [1.165, 1.54) is 37.7 Å². The summed E-state index contributed by atoms with van der Waals surface area (Å²) in [5.74, 6) is 0.680. The SMILES string of the molecule is c1ccc(-c2cc(-c3ccccc3)nc(-c3cccc(-c4nc5c6ccccc6c6ccccc6c5c5c4ccc4ccccc45)c3)n2)cc1. The van der Waals surface area contributed by atoms with Crippen LogP contribution in [0.2, 0.25) is 0 Å². The molecule has 50 heavy (non-hydrogen) atoms. The zero-order chi connectivity index (χ0) is 33.0. The van der Waals surface area contributed by atoms with Crippen molar-refractivity contribution in [3.63, 3.8) is 0 Å². The third-order valence-electron chi connectivity index (χ3n) is 9.82. The van der Waals surface area contributed by atoms with Crippen LogP contribution in [0.25, 0.3) is 99.2 Å². The van der Waals surface area contributed by atoms with E-state index in [2.05, 4.69) is 140 Å². The molecule has 0 aliphatic carbocycles. The molecule has 2 heterocycles. The van der Waals surface area contributed by atoms with Gasteiger partial charge in [0.25, 0.3) is 0 Å². The Morgan fingerprint density at radius 1 is 0.300 bits per heavy atom. The molecule has 0 bridgehead atoms. The molecule has 0 N–H and O–H groups in total. The van der Waals surface area contributed by atoms with Crippen molar-refractivity contribution in [3.05, 3.63) is 176 Å². The lowest BCUT2D eigenvalue weighted by Gasteiger charge is -2.17. The lowest BCUT2D eigenvalue weighted by atomic mass is 9.90. The van der Waals surface area contributed by atoms with Gasteiger partial charge in [0, 0.05) is 43.8 Å². The highest BCUT2D eigenvalue weighted by Crippen LogP contribution is 2.43. The highest BCUT2D eigenvalue weighted by Gasteiger charge is 2.19. The van der Waals surface area contributed by atoms with Crippen molar-refractivity contribution in [3.8, 4) is 45.2 Å². The van der Waals surface area contributed by atoms with E-state index in [0.717, 1.165) is 55.6 Å². The Labute approximate surface area is 289 Å². The van der Waals surface area contributed by atoms with Gasteiger partial charge in [-0.2, -0.15) is 0 Å². The number of fused-ring (bicyclic) bond motifs is 10. The molecule has 0 saturated heterocycles. The molecule has 0 fully saturated rings. The molecule has 0 atom stereocenters. The van der Waals surface area contributed by atoms with Crippen LogP contribution in [0.3, 0.4) is 0 Å². The Morgan fingerprint density at radius 2 is 0.840 bits per heavy atom. The summed E-state index contributed by atoms with van der Waals surface area (Å²) < 4.78 is 0. The van der Waals surface area contributed by atoms with Crippen LogP contribution < -0.4 is 0 Å². The first kappa shape index (κ1) is 28.3. The minimum absolute atomic E-state index is 0.680. The van der Waals surface area contributed by atoms with Gasteiger partial charge in [-0.05, 0) is 39.1 Å². The number of rotatable bonds is 4. The molecule has 8 aromatic carbocycles. The highest BCUT2D eigenvalue weighted by atomic mass is 14.9. The predicted octanol–water partition coefficient (Wildman–Crippen LogP) is 12.3. The van der Waals surface area contributed by atoms with Gasteiger partial charge in [-0.15, -0.1) is 0 Å². The minimum Gasteiger partial charge on any atom is -0.246 e. The third-order valence-corrected chi connectivity index (χ3v) is 9.82. The van der Waals surface area contributed by atoms with Gasteiger partial charge in [-0.3, -0.25) is 0 Å². The van der Waals surface area contributed by atoms with Crippen LogP contribution in [0.5, 0.6) is 0 Å². The molecule has 0 spiro atoms. The summed E-state index contributed by atoms with van der Waals surface area (Å²) >= 11 is 0. The maximum absolute atomic E-state index is 5.58. The fourth-order valence-electron chi connectivity index (χ4n) is 7.52. The molecule has 3 nitrogen and oxygen atoms in total. The maximum atomic E-state index is 5.58. The Morgan fingerprint density at radius 3 is 1.54 bits per heavy atom. The van der Waals surface area contributed by atoms with Crippen LogP contribution in [0.4, 0.5) is 0 Å². The van der Waals surface area contributed by atoms with Crippen LogP contribution in [-0.2, 0) is 0 Å². The first-order valence-corrected chi connectivity index (χ1v) is 17.0. The van der Waals surface area contributed by atoms with Crippen molar-refractivity contribution in [1.82, 2.24) is 15.0 Å². The average molecular weight is 636 g/mol. The largest absolute Gasteiger partial charge is 0.246 e. The molecule has 0 aliphatic rings. The van der Waals surface area contributed by atoms with Crippen LogP contribution in [0.1, 0.15) is 0 Å². The second-order valence-corrected chi connectivity index (χ2v) is 12.8. The summed E-state index contributed by atoms with van der Waals surface area (Å²) in [6.45, 7) is 0. The molecule has 2 aromatic heterocycles. The van der Waals surface area contributed by atoms with Crippen molar-refractivity contribution in [2.75, 3.05) is 0 Å². The molecule has 0 amide bonds. The lowest BCUT2D eigenvalue weighted by Crippen LogP contribution is -1.97. The van der Waals surface area contributed by atoms with Crippen molar-refractivity contribution in [2.45, 2.75) is 0 Å². The average Bonchev–Trinajstić information content (AvgIpc) is 3.21. The topological polar surface area (TPSA) is 38.7 Å². The van der Waals surface area contributed by atoms with E-state index in [1.807, 2.05) is 36.4 Å². The van der Waals surface area contributed by atoms with Crippen molar-refractivity contribution < 1.29 is 0 Å². The molecular weight excluding hydrogens is 607 g/mol. The summed E-state index contributed by atoms with van der Waals surface area (Å²) in [7, 11) is 0. The quantitative estimate of drug-likeness (QED) is 0.181. The Kier molecular flexibility index (Phi) is 6.49. The summed E-state index contributed by atoms with van der Waals surface area (Å²) in [5, 5.41) is 10.8. The maximum Gasteiger partial charge on any atom is 0.160 e. The van der Waals surface area contributed by atoms with E-state index < -0.39 is 0 Å². The summed E-state index contributed by atoms with van der Waals surface area (Å²) in [4.78, 5) is 15.8.